The zero-order chi connectivity index (χ0) is 26.3. The van der Waals surface area contributed by atoms with Crippen molar-refractivity contribution in [2.24, 2.45) is 0 Å². The highest BCUT2D eigenvalue weighted by Gasteiger charge is 2.36. The number of nitrogens with zero attached hydrogens (tertiary/aromatic N) is 5. The van der Waals surface area contributed by atoms with Crippen molar-refractivity contribution in [3.8, 4) is 22.3 Å². The van der Waals surface area contributed by atoms with E-state index in [1.54, 1.807) is 0 Å². The van der Waals surface area contributed by atoms with Crippen molar-refractivity contribution in [1.82, 2.24) is 23.2 Å². The Morgan fingerprint density at radius 1 is 0.525 bits per heavy atom. The van der Waals surface area contributed by atoms with Gasteiger partial charge in [0.2, 0.25) is 11.6 Å². The Hall–Kier alpha value is -5.16. The third-order valence-electron chi connectivity index (χ3n) is 9.18. The number of benzene rings is 5. The summed E-state index contributed by atoms with van der Waals surface area (Å²) in [4.78, 5) is 10.2. The van der Waals surface area contributed by atoms with Crippen molar-refractivity contribution in [2.45, 2.75) is 19.3 Å². The summed E-state index contributed by atoms with van der Waals surface area (Å²) in [6.07, 6.45) is 0. The maximum absolute atomic E-state index is 5.11. The number of fused-ring (bicyclic) bond motifs is 13. The lowest BCUT2D eigenvalue weighted by Crippen LogP contribution is -2.14. The summed E-state index contributed by atoms with van der Waals surface area (Å²) >= 11 is 0. The Labute approximate surface area is 228 Å². The lowest BCUT2D eigenvalue weighted by atomic mass is 9.82. The van der Waals surface area contributed by atoms with Crippen LogP contribution in [0.2, 0.25) is 0 Å². The van der Waals surface area contributed by atoms with Crippen molar-refractivity contribution in [1.29, 1.82) is 0 Å². The molecule has 0 spiro atoms. The summed E-state index contributed by atoms with van der Waals surface area (Å²) in [5.74, 6) is 1.79. The minimum atomic E-state index is -0.0479. The molecule has 9 aromatic rings. The molecule has 1 aliphatic carbocycles. The molecule has 0 unspecified atom stereocenters. The molecule has 0 bridgehead atoms. The zero-order valence-electron chi connectivity index (χ0n) is 22.1. The first-order valence-electron chi connectivity index (χ1n) is 13.8. The molecule has 10 rings (SSSR count). The van der Waals surface area contributed by atoms with Gasteiger partial charge in [-0.1, -0.05) is 80.6 Å². The molecule has 0 atom stereocenters. The van der Waals surface area contributed by atoms with Gasteiger partial charge >= 0.3 is 0 Å². The number of hydrogen-bond donors (Lipinski definition) is 0. The van der Waals surface area contributed by atoms with E-state index in [4.69, 9.17) is 9.97 Å². The molecule has 0 aliphatic heterocycles. The number of imidazole rings is 4. The summed E-state index contributed by atoms with van der Waals surface area (Å²) in [5.41, 5.74) is 15.5. The van der Waals surface area contributed by atoms with Gasteiger partial charge in [-0.2, -0.15) is 0 Å². The molecule has 5 aromatic carbocycles. The van der Waals surface area contributed by atoms with Crippen molar-refractivity contribution >= 4 is 50.2 Å². The Morgan fingerprint density at radius 3 is 1.75 bits per heavy atom. The third-order valence-corrected chi connectivity index (χ3v) is 9.18. The van der Waals surface area contributed by atoms with E-state index in [0.29, 0.717) is 0 Å². The molecule has 0 amide bonds. The van der Waals surface area contributed by atoms with Gasteiger partial charge in [-0.15, -0.1) is 0 Å². The van der Waals surface area contributed by atoms with E-state index < -0.39 is 0 Å². The summed E-state index contributed by atoms with van der Waals surface area (Å²) in [5, 5.41) is 0. The number of rotatable bonds is 1. The minimum absolute atomic E-state index is 0.0479. The van der Waals surface area contributed by atoms with Gasteiger partial charge in [0.25, 0.3) is 0 Å². The van der Waals surface area contributed by atoms with Crippen molar-refractivity contribution in [2.75, 3.05) is 0 Å². The molecule has 1 aliphatic rings. The first-order chi connectivity index (χ1) is 19.6. The van der Waals surface area contributed by atoms with Crippen molar-refractivity contribution in [3.05, 3.63) is 114 Å². The fourth-order valence-corrected chi connectivity index (χ4v) is 7.42. The highest BCUT2D eigenvalue weighted by molar-refractivity contribution is 6.07. The highest BCUT2D eigenvalue weighted by atomic mass is 15.3. The number of para-hydroxylation sites is 4. The third kappa shape index (κ3) is 2.24. The molecule has 5 nitrogen and oxygen atoms in total. The van der Waals surface area contributed by atoms with Crippen LogP contribution in [0.4, 0.5) is 0 Å². The van der Waals surface area contributed by atoms with Gasteiger partial charge in [-0.05, 0) is 69.8 Å². The second kappa shape index (κ2) is 6.69. The summed E-state index contributed by atoms with van der Waals surface area (Å²) in [6, 6.07) is 37.2. The maximum Gasteiger partial charge on any atom is 0.223 e. The van der Waals surface area contributed by atoms with Gasteiger partial charge in [-0.25, -0.2) is 14.4 Å². The molecule has 4 aromatic heterocycles. The fraction of sp³-hybridized carbons (Fsp3) is 0.0857. The average Bonchev–Trinajstić information content (AvgIpc) is 3.74. The van der Waals surface area contributed by atoms with E-state index in [1.165, 1.54) is 33.4 Å². The SMILES string of the molecule is CC1(C)c2ccccc2-c2c(-c3cc4c5c(c3)n3c6ccccc6nc3n5c3nc5ccccc5n43)cccc21. The standard InChI is InChI=1S/C35H23N5/c1-35(2)23-12-4-3-10-22(23)31-21(11-9-13-24(31)35)20-18-29-32-30(19-20)39-28-17-8-6-15-26(28)37-34(39)40(32)33-36-25-14-5-7-16-27(25)38(29)33/h3-19H,1-2H3. The molecular formula is C35H23N5. The molecule has 0 radical (unpaired) electrons. The first-order valence-corrected chi connectivity index (χ1v) is 13.8. The maximum atomic E-state index is 5.11. The van der Waals surface area contributed by atoms with E-state index in [1.807, 2.05) is 0 Å². The lowest BCUT2D eigenvalue weighted by molar-refractivity contribution is 0.660. The van der Waals surface area contributed by atoms with Gasteiger partial charge in [-0.3, -0.25) is 8.80 Å². The first kappa shape index (κ1) is 20.8. The van der Waals surface area contributed by atoms with E-state index in [0.717, 1.165) is 50.2 Å². The second-order valence-electron chi connectivity index (χ2n) is 11.6. The van der Waals surface area contributed by atoms with Crippen LogP contribution in [0.5, 0.6) is 0 Å². The molecular weight excluding hydrogens is 490 g/mol. The molecule has 5 heteroatoms. The second-order valence-corrected chi connectivity index (χ2v) is 11.6. The Morgan fingerprint density at radius 2 is 1.07 bits per heavy atom. The highest BCUT2D eigenvalue weighted by Crippen LogP contribution is 2.52. The van der Waals surface area contributed by atoms with Gasteiger partial charge < -0.3 is 0 Å². The molecule has 0 N–H and O–H groups in total. The van der Waals surface area contributed by atoms with E-state index in [-0.39, 0.29) is 5.41 Å². The van der Waals surface area contributed by atoms with Crippen LogP contribution in [0.15, 0.2) is 103 Å². The topological polar surface area (TPSA) is 39.0 Å². The number of aromatic nitrogens is 5. The predicted octanol–water partition coefficient (Wildman–Crippen LogP) is 8.11. The van der Waals surface area contributed by atoms with E-state index in [9.17, 15) is 0 Å². The van der Waals surface area contributed by atoms with Crippen molar-refractivity contribution < 1.29 is 0 Å². The van der Waals surface area contributed by atoms with Gasteiger partial charge in [0.1, 0.15) is 5.52 Å². The van der Waals surface area contributed by atoms with Crippen LogP contribution in [-0.2, 0) is 5.41 Å². The molecule has 0 fully saturated rings. The van der Waals surface area contributed by atoms with Crippen LogP contribution in [-0.4, -0.2) is 23.2 Å². The summed E-state index contributed by atoms with van der Waals surface area (Å²) in [7, 11) is 0. The molecule has 40 heavy (non-hydrogen) atoms. The smallest absolute Gasteiger partial charge is 0.223 e. The van der Waals surface area contributed by atoms with Crippen LogP contribution in [0, 0.1) is 0 Å². The molecule has 4 heterocycles. The van der Waals surface area contributed by atoms with Crippen molar-refractivity contribution in [3.63, 3.8) is 0 Å². The van der Waals surface area contributed by atoms with Crippen LogP contribution in [0.1, 0.15) is 25.0 Å². The Kier molecular flexibility index (Phi) is 3.47. The molecule has 0 saturated carbocycles. The minimum Gasteiger partial charge on any atom is -0.276 e. The van der Waals surface area contributed by atoms with Crippen LogP contribution in [0.25, 0.3) is 72.4 Å². The van der Waals surface area contributed by atoms with Gasteiger partial charge in [0.05, 0.1) is 33.1 Å². The average molecular weight is 514 g/mol. The van der Waals surface area contributed by atoms with Crippen LogP contribution < -0.4 is 0 Å². The summed E-state index contributed by atoms with van der Waals surface area (Å²) < 4.78 is 6.85. The lowest BCUT2D eigenvalue weighted by Gasteiger charge is -2.21. The van der Waals surface area contributed by atoms with Crippen LogP contribution >= 0.6 is 0 Å². The normalized spacial score (nSPS) is 14.4. The quantitative estimate of drug-likeness (QED) is 0.222. The Bertz CT molecular complexity index is 2400. The largest absolute Gasteiger partial charge is 0.276 e. The van der Waals surface area contributed by atoms with Gasteiger partial charge in [0.15, 0.2) is 0 Å². The number of hydrogen-bond acceptors (Lipinski definition) is 2. The van der Waals surface area contributed by atoms with Gasteiger partial charge in [0, 0.05) is 5.41 Å². The molecule has 188 valence electrons. The predicted molar refractivity (Wildman–Crippen MR) is 162 cm³/mol. The monoisotopic (exact) mass is 513 g/mol. The van der Waals surface area contributed by atoms with Crippen LogP contribution in [0.3, 0.4) is 0 Å². The molecule has 0 saturated heterocycles. The van der Waals surface area contributed by atoms with E-state index in [2.05, 4.69) is 130 Å². The fourth-order valence-electron chi connectivity index (χ4n) is 7.42. The summed E-state index contributed by atoms with van der Waals surface area (Å²) in [6.45, 7) is 4.69. The van der Waals surface area contributed by atoms with E-state index >= 15 is 0 Å². The Balaban J connectivity index is 1.43. The zero-order valence-corrected chi connectivity index (χ0v) is 22.1.